The van der Waals surface area contributed by atoms with Crippen LogP contribution in [0.15, 0.2) is 6.07 Å². The average molecular weight is 281 g/mol. The highest BCUT2D eigenvalue weighted by atomic mass is 35.5. The molecule has 0 aliphatic heterocycles. The number of amides is 1. The molecule has 1 amide bonds. The van der Waals surface area contributed by atoms with Crippen LogP contribution in [0.5, 0.6) is 0 Å². The number of nitrogens with zero attached hydrogens (tertiary/aromatic N) is 1. The van der Waals surface area contributed by atoms with Gasteiger partial charge in [0.05, 0.1) is 16.6 Å². The van der Waals surface area contributed by atoms with E-state index in [9.17, 15) is 23.7 Å². The van der Waals surface area contributed by atoms with Gasteiger partial charge in [-0.15, -0.1) is 0 Å². The number of hydrogen-bond acceptors (Lipinski definition) is 4. The molecule has 0 heterocycles. The summed E-state index contributed by atoms with van der Waals surface area (Å²) < 4.78 is 31.2. The van der Waals surface area contributed by atoms with Crippen molar-refractivity contribution in [3.05, 3.63) is 32.8 Å². The van der Waals surface area contributed by atoms with Crippen LogP contribution in [0.1, 0.15) is 6.92 Å². The van der Waals surface area contributed by atoms with Gasteiger partial charge in [-0.05, 0) is 13.0 Å². The standard InChI is InChI=1S/C9H7ClF2N2O4/c1-2-18-9(15)13-7-5(11)3-4(10)6(12)8(7)14(16)17/h3H,2H2,1H3,(H,13,15). The highest BCUT2D eigenvalue weighted by molar-refractivity contribution is 6.31. The zero-order chi connectivity index (χ0) is 13.9. The third-order valence-corrected chi connectivity index (χ3v) is 2.11. The molecule has 1 aromatic rings. The smallest absolute Gasteiger partial charge is 0.411 e. The number of ether oxygens (including phenoxy) is 1. The van der Waals surface area contributed by atoms with Crippen molar-refractivity contribution in [3.63, 3.8) is 0 Å². The van der Waals surface area contributed by atoms with E-state index in [2.05, 4.69) is 4.74 Å². The Morgan fingerprint density at radius 1 is 1.61 bits per heavy atom. The largest absolute Gasteiger partial charge is 0.450 e. The number of rotatable bonds is 3. The summed E-state index contributed by atoms with van der Waals surface area (Å²) in [5.74, 6) is -2.67. The van der Waals surface area contributed by atoms with Crippen molar-refractivity contribution >= 4 is 29.1 Å². The molecule has 1 rings (SSSR count). The number of carbonyl (C=O) groups excluding carboxylic acids is 1. The van der Waals surface area contributed by atoms with Crippen molar-refractivity contribution in [1.29, 1.82) is 0 Å². The highest BCUT2D eigenvalue weighted by Crippen LogP contribution is 2.35. The maximum Gasteiger partial charge on any atom is 0.411 e. The molecule has 0 atom stereocenters. The molecular weight excluding hydrogens is 274 g/mol. The predicted octanol–water partition coefficient (Wildman–Crippen LogP) is 3.09. The van der Waals surface area contributed by atoms with E-state index in [4.69, 9.17) is 11.6 Å². The lowest BCUT2D eigenvalue weighted by atomic mass is 10.2. The van der Waals surface area contributed by atoms with Crippen molar-refractivity contribution in [2.24, 2.45) is 0 Å². The topological polar surface area (TPSA) is 81.5 Å². The Bertz CT molecular complexity index is 510. The Morgan fingerprint density at radius 2 is 2.22 bits per heavy atom. The highest BCUT2D eigenvalue weighted by Gasteiger charge is 2.28. The van der Waals surface area contributed by atoms with Crippen molar-refractivity contribution < 1.29 is 23.2 Å². The second-order valence-electron chi connectivity index (χ2n) is 2.98. The number of halogens is 3. The van der Waals surface area contributed by atoms with Gasteiger partial charge in [-0.25, -0.2) is 9.18 Å². The van der Waals surface area contributed by atoms with E-state index in [0.29, 0.717) is 6.07 Å². The van der Waals surface area contributed by atoms with E-state index in [1.165, 1.54) is 6.92 Å². The van der Waals surface area contributed by atoms with E-state index < -0.39 is 39.0 Å². The monoisotopic (exact) mass is 280 g/mol. The van der Waals surface area contributed by atoms with Gasteiger partial charge in [0, 0.05) is 0 Å². The van der Waals surface area contributed by atoms with Crippen molar-refractivity contribution in [3.8, 4) is 0 Å². The van der Waals surface area contributed by atoms with Gasteiger partial charge in [0.15, 0.2) is 11.5 Å². The third kappa shape index (κ3) is 2.83. The maximum atomic E-state index is 13.4. The number of nitro groups is 1. The van der Waals surface area contributed by atoms with Gasteiger partial charge in [0.1, 0.15) is 0 Å². The minimum absolute atomic E-state index is 0.0304. The summed E-state index contributed by atoms with van der Waals surface area (Å²) in [4.78, 5) is 20.5. The van der Waals surface area contributed by atoms with Gasteiger partial charge in [-0.1, -0.05) is 11.6 Å². The zero-order valence-electron chi connectivity index (χ0n) is 9.00. The molecule has 98 valence electrons. The molecule has 0 spiro atoms. The van der Waals surface area contributed by atoms with E-state index in [0.717, 1.165) is 0 Å². The third-order valence-electron chi connectivity index (χ3n) is 1.83. The summed E-state index contributed by atoms with van der Waals surface area (Å²) in [5, 5.41) is 11.6. The van der Waals surface area contributed by atoms with E-state index in [-0.39, 0.29) is 6.61 Å². The number of anilines is 1. The first-order chi connectivity index (χ1) is 8.38. The Labute approximate surface area is 105 Å². The molecule has 0 fully saturated rings. The maximum absolute atomic E-state index is 13.4. The fourth-order valence-corrected chi connectivity index (χ4v) is 1.33. The lowest BCUT2D eigenvalue weighted by molar-refractivity contribution is -0.386. The average Bonchev–Trinajstić information content (AvgIpc) is 2.25. The van der Waals surface area contributed by atoms with Gasteiger partial charge in [-0.2, -0.15) is 4.39 Å². The van der Waals surface area contributed by atoms with Crippen LogP contribution in [0.3, 0.4) is 0 Å². The summed E-state index contributed by atoms with van der Waals surface area (Å²) in [6.07, 6.45) is -1.14. The molecule has 9 heteroatoms. The summed E-state index contributed by atoms with van der Waals surface area (Å²) >= 11 is 5.27. The predicted molar refractivity (Wildman–Crippen MR) is 58.7 cm³/mol. The van der Waals surface area contributed by atoms with Crippen LogP contribution >= 0.6 is 11.6 Å². The van der Waals surface area contributed by atoms with E-state index in [1.54, 1.807) is 5.32 Å². The van der Waals surface area contributed by atoms with Crippen molar-refractivity contribution in [2.75, 3.05) is 11.9 Å². The molecule has 0 aromatic heterocycles. The van der Waals surface area contributed by atoms with Crippen LogP contribution in [0.2, 0.25) is 5.02 Å². The fraction of sp³-hybridized carbons (Fsp3) is 0.222. The first-order valence-corrected chi connectivity index (χ1v) is 5.02. The molecular formula is C9H7ClF2N2O4. The van der Waals surface area contributed by atoms with E-state index >= 15 is 0 Å². The quantitative estimate of drug-likeness (QED) is 0.524. The molecule has 0 bridgehead atoms. The van der Waals surface area contributed by atoms with Crippen LogP contribution in [0.4, 0.5) is 25.0 Å². The molecule has 0 saturated carbocycles. The number of nitrogens with one attached hydrogen (secondary N) is 1. The molecule has 6 nitrogen and oxygen atoms in total. The Morgan fingerprint density at radius 3 is 2.72 bits per heavy atom. The summed E-state index contributed by atoms with van der Waals surface area (Å²) in [6, 6.07) is 0.519. The number of carbonyl (C=O) groups is 1. The lowest BCUT2D eigenvalue weighted by Crippen LogP contribution is -2.16. The zero-order valence-corrected chi connectivity index (χ0v) is 9.75. The number of hydrogen-bond donors (Lipinski definition) is 1. The van der Waals surface area contributed by atoms with Crippen LogP contribution in [-0.2, 0) is 4.74 Å². The second-order valence-corrected chi connectivity index (χ2v) is 3.39. The first-order valence-electron chi connectivity index (χ1n) is 4.64. The first kappa shape index (κ1) is 14.1. The van der Waals surface area contributed by atoms with E-state index in [1.807, 2.05) is 0 Å². The second kappa shape index (κ2) is 5.58. The molecule has 0 aliphatic carbocycles. The summed E-state index contributed by atoms with van der Waals surface area (Å²) in [5.41, 5.74) is -2.19. The Hall–Kier alpha value is -1.96. The van der Waals surface area contributed by atoms with Gasteiger partial charge in [0.25, 0.3) is 0 Å². The van der Waals surface area contributed by atoms with Gasteiger partial charge >= 0.3 is 11.8 Å². The Balaban J connectivity index is 3.29. The van der Waals surface area contributed by atoms with Gasteiger partial charge in [-0.3, -0.25) is 15.4 Å². The van der Waals surface area contributed by atoms with Gasteiger partial charge < -0.3 is 4.74 Å². The SMILES string of the molecule is CCOC(=O)Nc1c(F)cc(Cl)c(F)c1[N+](=O)[O-]. The van der Waals surface area contributed by atoms with Crippen LogP contribution in [0, 0.1) is 21.7 Å². The molecule has 0 saturated heterocycles. The Kier molecular flexibility index (Phi) is 4.38. The molecule has 1 aromatic carbocycles. The van der Waals surface area contributed by atoms with Crippen molar-refractivity contribution in [2.45, 2.75) is 6.92 Å². The van der Waals surface area contributed by atoms with Crippen LogP contribution in [0.25, 0.3) is 0 Å². The summed E-state index contributed by atoms with van der Waals surface area (Å²) in [6.45, 7) is 1.45. The molecule has 0 unspecified atom stereocenters. The molecule has 0 radical (unpaired) electrons. The normalized spacial score (nSPS) is 10.0. The molecule has 0 aliphatic rings. The fourth-order valence-electron chi connectivity index (χ4n) is 1.14. The van der Waals surface area contributed by atoms with Crippen molar-refractivity contribution in [1.82, 2.24) is 0 Å². The van der Waals surface area contributed by atoms with Gasteiger partial charge in [0.2, 0.25) is 5.82 Å². The molecule has 1 N–H and O–H groups in total. The minimum atomic E-state index is -1.44. The van der Waals surface area contributed by atoms with Crippen LogP contribution < -0.4 is 5.32 Å². The van der Waals surface area contributed by atoms with Crippen LogP contribution in [-0.4, -0.2) is 17.6 Å². The molecule has 18 heavy (non-hydrogen) atoms. The lowest BCUT2D eigenvalue weighted by Gasteiger charge is -2.08. The summed E-state index contributed by atoms with van der Waals surface area (Å²) in [7, 11) is 0. The number of nitro benzene ring substituents is 1. The number of benzene rings is 1. The minimum Gasteiger partial charge on any atom is -0.450 e.